The van der Waals surface area contributed by atoms with Gasteiger partial charge in [0.2, 0.25) is 5.91 Å². The Balaban J connectivity index is 2.90. The van der Waals surface area contributed by atoms with Crippen LogP contribution in [0.1, 0.15) is 30.9 Å². The molecule has 2 N–H and O–H groups in total. The van der Waals surface area contributed by atoms with Gasteiger partial charge < -0.3 is 10.3 Å². The Morgan fingerprint density at radius 3 is 2.56 bits per heavy atom. The molecule has 88 valence electrons. The summed E-state index contributed by atoms with van der Waals surface area (Å²) in [6, 6.07) is 0.0743. The Morgan fingerprint density at radius 1 is 1.44 bits per heavy atom. The van der Waals surface area contributed by atoms with Crippen molar-refractivity contribution in [1.29, 1.82) is 0 Å². The zero-order chi connectivity index (χ0) is 12.3. The lowest BCUT2D eigenvalue weighted by Gasteiger charge is -2.09. The van der Waals surface area contributed by atoms with Crippen LogP contribution in [-0.4, -0.2) is 21.9 Å². The molecule has 0 saturated carbocycles. The van der Waals surface area contributed by atoms with Gasteiger partial charge >= 0.3 is 0 Å². The van der Waals surface area contributed by atoms with Crippen LogP contribution >= 0.6 is 0 Å². The number of rotatable bonds is 3. The number of H-pyrrole nitrogens is 1. The van der Waals surface area contributed by atoms with Crippen LogP contribution in [0.3, 0.4) is 0 Å². The summed E-state index contributed by atoms with van der Waals surface area (Å²) in [6.45, 7) is 7.21. The third kappa shape index (κ3) is 3.18. The molecule has 0 fully saturated rings. The number of nitrogens with zero attached hydrogens (tertiary/aromatic N) is 1. The first-order valence-corrected chi connectivity index (χ1v) is 5.26. The Hall–Kier alpha value is -1.65. The number of hydrogen-bond acceptors (Lipinski definition) is 3. The maximum atomic E-state index is 11.6. The molecule has 0 spiro atoms. The van der Waals surface area contributed by atoms with Crippen molar-refractivity contribution in [2.45, 2.75) is 40.2 Å². The predicted molar refractivity (Wildman–Crippen MR) is 61.3 cm³/mol. The van der Waals surface area contributed by atoms with Gasteiger partial charge in [-0.25, -0.2) is 4.98 Å². The largest absolute Gasteiger partial charge is 0.354 e. The summed E-state index contributed by atoms with van der Waals surface area (Å²) in [7, 11) is 0. The maximum absolute atomic E-state index is 11.6. The van der Waals surface area contributed by atoms with Crippen molar-refractivity contribution in [2.24, 2.45) is 0 Å². The lowest BCUT2D eigenvalue weighted by atomic mass is 10.1. The molecule has 0 aliphatic rings. The molecule has 0 unspecified atom stereocenters. The zero-order valence-corrected chi connectivity index (χ0v) is 10.0. The second-order valence-electron chi connectivity index (χ2n) is 4.11. The van der Waals surface area contributed by atoms with E-state index in [0.29, 0.717) is 17.1 Å². The van der Waals surface area contributed by atoms with Gasteiger partial charge in [-0.15, -0.1) is 0 Å². The van der Waals surface area contributed by atoms with Gasteiger partial charge in [-0.3, -0.25) is 9.59 Å². The fraction of sp³-hybridized carbons (Fsp3) is 0.545. The third-order valence-corrected chi connectivity index (χ3v) is 2.13. The molecule has 0 aliphatic heterocycles. The summed E-state index contributed by atoms with van der Waals surface area (Å²) < 4.78 is 0. The number of amides is 1. The molecule has 0 bridgehead atoms. The molecular weight excluding hydrogens is 206 g/mol. The lowest BCUT2D eigenvalue weighted by Crippen LogP contribution is -2.33. The van der Waals surface area contributed by atoms with Gasteiger partial charge in [-0.05, 0) is 27.7 Å². The monoisotopic (exact) mass is 223 g/mol. The average molecular weight is 223 g/mol. The van der Waals surface area contributed by atoms with Crippen molar-refractivity contribution >= 4 is 5.91 Å². The number of aryl methyl sites for hydroxylation is 2. The van der Waals surface area contributed by atoms with Crippen molar-refractivity contribution in [1.82, 2.24) is 15.3 Å². The van der Waals surface area contributed by atoms with E-state index in [1.807, 2.05) is 13.8 Å². The number of nitrogens with one attached hydrogen (secondary N) is 2. The second kappa shape index (κ2) is 4.92. The normalized spacial score (nSPS) is 10.6. The average Bonchev–Trinajstić information content (AvgIpc) is 2.09. The molecule has 1 amide bonds. The number of carbonyl (C=O) groups excluding carboxylic acids is 1. The van der Waals surface area contributed by atoms with E-state index in [-0.39, 0.29) is 23.9 Å². The molecule has 1 aromatic rings. The van der Waals surface area contributed by atoms with Crippen LogP contribution in [0.15, 0.2) is 4.79 Å². The highest BCUT2D eigenvalue weighted by molar-refractivity contribution is 5.78. The summed E-state index contributed by atoms with van der Waals surface area (Å²) in [5, 5.41) is 2.74. The van der Waals surface area contributed by atoms with E-state index < -0.39 is 0 Å². The topological polar surface area (TPSA) is 74.8 Å². The quantitative estimate of drug-likeness (QED) is 0.781. The number of carbonyl (C=O) groups is 1. The third-order valence-electron chi connectivity index (χ3n) is 2.13. The molecule has 1 aromatic heterocycles. The molecule has 0 saturated heterocycles. The van der Waals surface area contributed by atoms with E-state index in [0.717, 1.165) is 0 Å². The van der Waals surface area contributed by atoms with Crippen molar-refractivity contribution in [3.63, 3.8) is 0 Å². The zero-order valence-electron chi connectivity index (χ0n) is 10.0. The Labute approximate surface area is 94.3 Å². The molecule has 1 rings (SSSR count). The van der Waals surface area contributed by atoms with E-state index in [2.05, 4.69) is 15.3 Å². The van der Waals surface area contributed by atoms with Gasteiger partial charge in [0.05, 0.1) is 6.42 Å². The predicted octanol–water partition coefficient (Wildman–Crippen LogP) is 0.454. The highest BCUT2D eigenvalue weighted by atomic mass is 16.2. The number of hydrogen-bond donors (Lipinski definition) is 2. The standard InChI is InChI=1S/C11H17N3O2/c1-6(2)12-10(15)5-9-7(3)13-8(4)14-11(9)16/h6H,5H2,1-4H3,(H,12,15)(H,13,14,16). The van der Waals surface area contributed by atoms with Crippen molar-refractivity contribution in [3.05, 3.63) is 27.4 Å². The van der Waals surface area contributed by atoms with E-state index in [1.54, 1.807) is 13.8 Å². The summed E-state index contributed by atoms with van der Waals surface area (Å²) in [5.41, 5.74) is 0.813. The van der Waals surface area contributed by atoms with Gasteiger partial charge in [-0.2, -0.15) is 0 Å². The Bertz CT molecular complexity index is 449. The fourth-order valence-corrected chi connectivity index (χ4v) is 1.49. The van der Waals surface area contributed by atoms with E-state index in [9.17, 15) is 9.59 Å². The van der Waals surface area contributed by atoms with Crippen LogP contribution in [0.25, 0.3) is 0 Å². The highest BCUT2D eigenvalue weighted by Crippen LogP contribution is 2.00. The second-order valence-corrected chi connectivity index (χ2v) is 4.11. The molecule has 1 heterocycles. The van der Waals surface area contributed by atoms with Crippen LogP contribution in [0, 0.1) is 13.8 Å². The van der Waals surface area contributed by atoms with E-state index in [1.165, 1.54) is 0 Å². The number of aromatic amines is 1. The first kappa shape index (κ1) is 12.4. The summed E-state index contributed by atoms with van der Waals surface area (Å²) >= 11 is 0. The van der Waals surface area contributed by atoms with Crippen LogP contribution in [0.5, 0.6) is 0 Å². The minimum absolute atomic E-state index is 0.0743. The lowest BCUT2D eigenvalue weighted by molar-refractivity contribution is -0.120. The first-order valence-electron chi connectivity index (χ1n) is 5.26. The van der Waals surface area contributed by atoms with Crippen LogP contribution in [-0.2, 0) is 11.2 Å². The van der Waals surface area contributed by atoms with Gasteiger partial charge in [0.25, 0.3) is 5.56 Å². The molecular formula is C11H17N3O2. The van der Waals surface area contributed by atoms with Crippen molar-refractivity contribution in [2.75, 3.05) is 0 Å². The SMILES string of the molecule is Cc1nc(C)c(CC(=O)NC(C)C)c(=O)[nH]1. The van der Waals surface area contributed by atoms with Gasteiger partial charge in [-0.1, -0.05) is 0 Å². The molecule has 5 heteroatoms. The molecule has 16 heavy (non-hydrogen) atoms. The smallest absolute Gasteiger partial charge is 0.254 e. The van der Waals surface area contributed by atoms with Crippen LogP contribution in [0.2, 0.25) is 0 Å². The van der Waals surface area contributed by atoms with Gasteiger partial charge in [0.1, 0.15) is 5.82 Å². The number of aromatic nitrogens is 2. The Morgan fingerprint density at radius 2 is 2.06 bits per heavy atom. The summed E-state index contributed by atoms with van der Waals surface area (Å²) in [4.78, 5) is 29.8. The minimum atomic E-state index is -0.232. The summed E-state index contributed by atoms with van der Waals surface area (Å²) in [5.74, 6) is 0.407. The molecule has 0 radical (unpaired) electrons. The van der Waals surface area contributed by atoms with Crippen LogP contribution in [0.4, 0.5) is 0 Å². The van der Waals surface area contributed by atoms with Crippen molar-refractivity contribution < 1.29 is 4.79 Å². The van der Waals surface area contributed by atoms with E-state index in [4.69, 9.17) is 0 Å². The van der Waals surface area contributed by atoms with Gasteiger partial charge in [0.15, 0.2) is 0 Å². The fourth-order valence-electron chi connectivity index (χ4n) is 1.49. The first-order chi connectivity index (χ1) is 7.40. The van der Waals surface area contributed by atoms with Gasteiger partial charge in [0, 0.05) is 17.3 Å². The highest BCUT2D eigenvalue weighted by Gasteiger charge is 2.11. The van der Waals surface area contributed by atoms with Crippen molar-refractivity contribution in [3.8, 4) is 0 Å². The summed E-state index contributed by atoms with van der Waals surface area (Å²) in [6.07, 6.45) is 0.0760. The van der Waals surface area contributed by atoms with E-state index >= 15 is 0 Å². The maximum Gasteiger partial charge on any atom is 0.254 e. The molecule has 0 atom stereocenters. The molecule has 0 aliphatic carbocycles. The minimum Gasteiger partial charge on any atom is -0.354 e. The molecule has 0 aromatic carbocycles. The molecule has 5 nitrogen and oxygen atoms in total. The van der Waals surface area contributed by atoms with Crippen LogP contribution < -0.4 is 10.9 Å². The Kier molecular flexibility index (Phi) is 3.82.